The summed E-state index contributed by atoms with van der Waals surface area (Å²) in [5.41, 5.74) is 0. The molecule has 0 fully saturated rings. The fraction of sp³-hybridized carbons (Fsp3) is 1.00. The van der Waals surface area contributed by atoms with Crippen LogP contribution in [-0.2, 0) is 0 Å². The maximum absolute atomic E-state index is 5.52. The van der Waals surface area contributed by atoms with Gasteiger partial charge in [-0.1, -0.05) is 15.9 Å². The van der Waals surface area contributed by atoms with Gasteiger partial charge in [-0.25, -0.2) is 0 Å². The topological polar surface area (TPSA) is 0 Å². The molecule has 0 aliphatic rings. The molecule has 0 radical (unpaired) electrons. The monoisotopic (exact) mass is 238 g/mol. The van der Waals surface area contributed by atoms with Crippen molar-refractivity contribution in [3.8, 4) is 0 Å². The van der Waals surface area contributed by atoms with Crippen LogP contribution in [0.4, 0.5) is 0 Å². The second kappa shape index (κ2) is 5.16. The molecule has 0 bridgehead atoms. The van der Waals surface area contributed by atoms with Crippen LogP contribution in [0, 0.1) is 0 Å². The predicted molar refractivity (Wildman–Crippen MR) is 43.3 cm³/mol. The number of halogens is 4. The maximum atomic E-state index is 5.52. The number of hydrogen-bond donors (Lipinski definition) is 0. The van der Waals surface area contributed by atoms with E-state index in [0.29, 0.717) is 0 Å². The Morgan fingerprint density at radius 3 is 1.75 bits per heavy atom. The first kappa shape index (κ1) is 9.35. The van der Waals surface area contributed by atoms with Gasteiger partial charge in [-0.3, -0.25) is 0 Å². The Hall–Kier alpha value is 1.35. The van der Waals surface area contributed by atoms with E-state index in [2.05, 4.69) is 15.9 Å². The van der Waals surface area contributed by atoms with Crippen molar-refractivity contribution >= 4 is 50.7 Å². The molecular formula is C4H6BrCl3. The zero-order valence-corrected chi connectivity index (χ0v) is 7.93. The molecular weight excluding hydrogens is 234 g/mol. The highest BCUT2D eigenvalue weighted by atomic mass is 79.9. The van der Waals surface area contributed by atoms with E-state index in [-0.39, 0.29) is 9.12 Å². The summed E-state index contributed by atoms with van der Waals surface area (Å²) in [6.07, 6.45) is 1.54. The second-order valence-corrected chi connectivity index (χ2v) is 4.80. The van der Waals surface area contributed by atoms with Crippen LogP contribution in [-0.4, -0.2) is 9.12 Å². The molecule has 4 heteroatoms. The number of rotatable bonds is 3. The van der Waals surface area contributed by atoms with E-state index in [1.165, 1.54) is 0 Å². The molecule has 0 aliphatic heterocycles. The summed E-state index contributed by atoms with van der Waals surface area (Å²) in [5.74, 6) is 0. The van der Waals surface area contributed by atoms with Gasteiger partial charge in [0.1, 0.15) is 4.84 Å². The Balaban J connectivity index is 2.93. The molecule has 1 unspecified atom stereocenters. The van der Waals surface area contributed by atoms with Gasteiger partial charge in [0, 0.05) is 0 Å². The van der Waals surface area contributed by atoms with Gasteiger partial charge >= 0.3 is 0 Å². The Morgan fingerprint density at radius 2 is 1.62 bits per heavy atom. The molecule has 1 atom stereocenters. The van der Waals surface area contributed by atoms with Crippen LogP contribution in [0.1, 0.15) is 12.8 Å². The largest absolute Gasteiger partial charge is 0.110 e. The molecule has 0 aromatic rings. The third kappa shape index (κ3) is 7.35. The van der Waals surface area contributed by atoms with E-state index in [1.54, 1.807) is 0 Å². The first-order valence-corrected chi connectivity index (χ1v) is 4.41. The lowest BCUT2D eigenvalue weighted by Gasteiger charge is -1.99. The molecule has 0 amide bonds. The molecule has 0 saturated heterocycles. The molecule has 0 aromatic heterocycles. The van der Waals surface area contributed by atoms with E-state index in [9.17, 15) is 0 Å². The van der Waals surface area contributed by atoms with E-state index < -0.39 is 0 Å². The smallest absolute Gasteiger partial charge is 0.107 e. The summed E-state index contributed by atoms with van der Waals surface area (Å²) in [5, 5.41) is 0. The summed E-state index contributed by atoms with van der Waals surface area (Å²) >= 11 is 19.5. The fourth-order valence-corrected chi connectivity index (χ4v) is 0.894. The summed E-state index contributed by atoms with van der Waals surface area (Å²) < 4.78 is 0.00231. The average Bonchev–Trinajstić information content (AvgIpc) is 1.61. The standard InChI is InChI=1S/C4H6BrCl3/c5-3(6)1-2-4(7)8/h3-4H,1-2H2. The molecule has 50 valence electrons. The van der Waals surface area contributed by atoms with Crippen molar-refractivity contribution in [3.63, 3.8) is 0 Å². The molecule has 0 spiro atoms. The fourth-order valence-electron chi connectivity index (χ4n) is 0.252. The lowest BCUT2D eigenvalue weighted by Crippen LogP contribution is -1.91. The lowest BCUT2D eigenvalue weighted by molar-refractivity contribution is 0.847. The van der Waals surface area contributed by atoms with E-state index in [0.717, 1.165) is 12.8 Å². The second-order valence-electron chi connectivity index (χ2n) is 1.36. The molecule has 0 aliphatic carbocycles. The van der Waals surface area contributed by atoms with Crippen LogP contribution >= 0.6 is 50.7 Å². The minimum atomic E-state index is -0.284. The molecule has 0 N–H and O–H groups in total. The highest BCUT2D eigenvalue weighted by molar-refractivity contribution is 9.10. The van der Waals surface area contributed by atoms with Crippen molar-refractivity contribution < 1.29 is 0 Å². The van der Waals surface area contributed by atoms with E-state index >= 15 is 0 Å². The zero-order chi connectivity index (χ0) is 6.57. The van der Waals surface area contributed by atoms with Crippen LogP contribution in [0.5, 0.6) is 0 Å². The van der Waals surface area contributed by atoms with Gasteiger partial charge in [-0.05, 0) is 12.8 Å². The summed E-state index contributed by atoms with van der Waals surface area (Å²) in [7, 11) is 0. The number of alkyl halides is 4. The zero-order valence-electron chi connectivity index (χ0n) is 4.08. The third-order valence-electron chi connectivity index (χ3n) is 0.603. The van der Waals surface area contributed by atoms with Crippen LogP contribution in [0.25, 0.3) is 0 Å². The molecule has 0 heterocycles. The van der Waals surface area contributed by atoms with Crippen molar-refractivity contribution in [1.29, 1.82) is 0 Å². The van der Waals surface area contributed by atoms with Crippen LogP contribution in [0.3, 0.4) is 0 Å². The first-order chi connectivity index (χ1) is 3.63. The Bertz CT molecular complexity index is 47.2. The van der Waals surface area contributed by atoms with Gasteiger partial charge in [0.05, 0.1) is 4.29 Å². The minimum absolute atomic E-state index is 0.00231. The van der Waals surface area contributed by atoms with Crippen LogP contribution < -0.4 is 0 Å². The van der Waals surface area contributed by atoms with Gasteiger partial charge in [0.25, 0.3) is 0 Å². The summed E-state index contributed by atoms with van der Waals surface area (Å²) in [6, 6.07) is 0. The maximum Gasteiger partial charge on any atom is 0.107 e. The Morgan fingerprint density at radius 1 is 1.12 bits per heavy atom. The van der Waals surface area contributed by atoms with Gasteiger partial charge in [-0.15, -0.1) is 34.8 Å². The Labute approximate surface area is 72.6 Å². The molecule has 8 heavy (non-hydrogen) atoms. The van der Waals surface area contributed by atoms with Crippen LogP contribution in [0.2, 0.25) is 0 Å². The summed E-state index contributed by atoms with van der Waals surface area (Å²) in [4.78, 5) is -0.284. The van der Waals surface area contributed by atoms with Gasteiger partial charge in [0.2, 0.25) is 0 Å². The van der Waals surface area contributed by atoms with E-state index in [1.807, 2.05) is 0 Å². The van der Waals surface area contributed by atoms with E-state index in [4.69, 9.17) is 34.8 Å². The third-order valence-corrected chi connectivity index (χ3v) is 1.72. The molecule has 0 saturated carbocycles. The highest BCUT2D eigenvalue weighted by Crippen LogP contribution is 2.17. The predicted octanol–water partition coefficient (Wildman–Crippen LogP) is 3.53. The molecule has 0 rings (SSSR count). The average molecular weight is 240 g/mol. The van der Waals surface area contributed by atoms with Crippen molar-refractivity contribution in [1.82, 2.24) is 0 Å². The molecule has 0 aromatic carbocycles. The quantitative estimate of drug-likeness (QED) is 0.662. The Kier molecular flexibility index (Phi) is 6.03. The van der Waals surface area contributed by atoms with Crippen molar-refractivity contribution in [2.45, 2.75) is 22.0 Å². The number of hydrogen-bond acceptors (Lipinski definition) is 0. The lowest BCUT2D eigenvalue weighted by atomic mass is 10.4. The van der Waals surface area contributed by atoms with Gasteiger partial charge in [0.15, 0.2) is 0 Å². The normalized spacial score (nSPS) is 14.6. The highest BCUT2D eigenvalue weighted by Gasteiger charge is 2.02. The molecule has 0 nitrogen and oxygen atoms in total. The van der Waals surface area contributed by atoms with Crippen molar-refractivity contribution in [2.24, 2.45) is 0 Å². The minimum Gasteiger partial charge on any atom is -0.110 e. The van der Waals surface area contributed by atoms with Gasteiger partial charge in [-0.2, -0.15) is 0 Å². The van der Waals surface area contributed by atoms with Crippen LogP contribution in [0.15, 0.2) is 0 Å². The van der Waals surface area contributed by atoms with Gasteiger partial charge < -0.3 is 0 Å². The first-order valence-electron chi connectivity index (χ1n) is 2.19. The summed E-state index contributed by atoms with van der Waals surface area (Å²) in [6.45, 7) is 0. The SMILES string of the molecule is ClC(Cl)CCC(Cl)Br. The van der Waals surface area contributed by atoms with Crippen molar-refractivity contribution in [3.05, 3.63) is 0 Å². The van der Waals surface area contributed by atoms with Crippen molar-refractivity contribution in [2.75, 3.05) is 0 Å².